The molecule has 0 amide bonds. The fraction of sp³-hybridized carbons (Fsp3) is 0.800. The van der Waals surface area contributed by atoms with Gasteiger partial charge in [0.25, 0.3) is 0 Å². The van der Waals surface area contributed by atoms with Gasteiger partial charge in [-0.15, -0.1) is 0 Å². The molecule has 0 unspecified atom stereocenters. The van der Waals surface area contributed by atoms with Crippen LogP contribution in [0.4, 0.5) is 0 Å². The minimum absolute atomic E-state index is 1.23. The molecule has 0 N–H and O–H groups in total. The van der Waals surface area contributed by atoms with Gasteiger partial charge in [0, 0.05) is 0 Å². The normalized spacial score (nSPS) is 12.0. The van der Waals surface area contributed by atoms with Crippen molar-refractivity contribution in [2.45, 2.75) is 99.3 Å². The molecule has 0 bridgehead atoms. The van der Waals surface area contributed by atoms with Crippen LogP contribution in [0.1, 0.15) is 83.6 Å². The van der Waals surface area contributed by atoms with E-state index in [0.29, 0.717) is 0 Å². The van der Waals surface area contributed by atoms with Crippen LogP contribution in [-0.2, 0) is 12.8 Å². The summed E-state index contributed by atoms with van der Waals surface area (Å²) in [6.07, 6.45) is 11.0. The molecule has 0 aromatic carbocycles. The van der Waals surface area contributed by atoms with Gasteiger partial charge < -0.3 is 0 Å². The fourth-order valence-electron chi connectivity index (χ4n) is 3.62. The Morgan fingerprint density at radius 3 is 1.59 bits per heavy atom. The van der Waals surface area contributed by atoms with Crippen molar-refractivity contribution in [3.8, 4) is 0 Å². The summed E-state index contributed by atoms with van der Waals surface area (Å²) in [5, 5.41) is 0. The van der Waals surface area contributed by atoms with E-state index in [1.54, 1.807) is 23.8 Å². The molecule has 0 saturated carbocycles. The molecule has 0 saturated heterocycles. The first-order chi connectivity index (χ1) is 10.7. The Hall–Kier alpha value is 0.499. The summed E-state index contributed by atoms with van der Waals surface area (Å²) < 4.78 is 6.76. The molecule has 1 rings (SSSR count). The molecule has 0 nitrogen and oxygen atoms in total. The SMILES string of the molecule is CCC[CH2][Sn]([CH2]CCC)([CH2]CCC)[c]1cc(CC)c(CC)s1. The van der Waals surface area contributed by atoms with Crippen LogP contribution < -0.4 is 2.89 Å². The van der Waals surface area contributed by atoms with Gasteiger partial charge in [-0.25, -0.2) is 0 Å². The van der Waals surface area contributed by atoms with Crippen molar-refractivity contribution in [3.05, 3.63) is 16.5 Å². The van der Waals surface area contributed by atoms with Crippen molar-refractivity contribution < 1.29 is 0 Å². The van der Waals surface area contributed by atoms with E-state index in [1.165, 1.54) is 51.4 Å². The predicted molar refractivity (Wildman–Crippen MR) is 108 cm³/mol. The maximum absolute atomic E-state index is 2.68. The van der Waals surface area contributed by atoms with E-state index in [0.717, 1.165) is 0 Å². The Bertz CT molecular complexity index is 365. The van der Waals surface area contributed by atoms with Crippen molar-refractivity contribution in [2.24, 2.45) is 0 Å². The van der Waals surface area contributed by atoms with Gasteiger partial charge in [-0.3, -0.25) is 0 Å². The van der Waals surface area contributed by atoms with Gasteiger partial charge in [-0.2, -0.15) is 0 Å². The molecular weight excluding hydrogens is 391 g/mol. The molecule has 128 valence electrons. The molecule has 0 spiro atoms. The first-order valence-electron chi connectivity index (χ1n) is 9.79. The minimum atomic E-state index is -2.15. The van der Waals surface area contributed by atoms with Crippen molar-refractivity contribution >= 4 is 32.6 Å². The zero-order valence-electron chi connectivity index (χ0n) is 15.8. The first kappa shape index (κ1) is 20.5. The molecule has 1 aromatic rings. The van der Waals surface area contributed by atoms with Crippen LogP contribution in [0.2, 0.25) is 13.3 Å². The van der Waals surface area contributed by atoms with Gasteiger partial charge in [-0.05, 0) is 0 Å². The average molecular weight is 429 g/mol. The summed E-state index contributed by atoms with van der Waals surface area (Å²) in [4.78, 5) is 1.70. The van der Waals surface area contributed by atoms with Gasteiger partial charge in [0.2, 0.25) is 0 Å². The summed E-state index contributed by atoms with van der Waals surface area (Å²) in [7, 11) is 0. The zero-order chi connectivity index (χ0) is 16.4. The van der Waals surface area contributed by atoms with Crippen molar-refractivity contribution in [2.75, 3.05) is 0 Å². The molecule has 0 aliphatic carbocycles. The average Bonchev–Trinajstić information content (AvgIpc) is 2.98. The van der Waals surface area contributed by atoms with E-state index in [1.807, 2.05) is 2.89 Å². The van der Waals surface area contributed by atoms with Gasteiger partial charge in [-0.1, -0.05) is 0 Å². The molecular formula is C20H38SSn. The van der Waals surface area contributed by atoms with Crippen LogP contribution in [0.5, 0.6) is 0 Å². The number of hydrogen-bond donors (Lipinski definition) is 0. The van der Waals surface area contributed by atoms with Crippen LogP contribution in [0.3, 0.4) is 0 Å². The third-order valence-electron chi connectivity index (χ3n) is 5.15. The predicted octanol–water partition coefficient (Wildman–Crippen LogP) is 6.93. The molecule has 0 aliphatic rings. The van der Waals surface area contributed by atoms with Crippen molar-refractivity contribution in [1.82, 2.24) is 0 Å². The molecule has 1 aromatic heterocycles. The Balaban J connectivity index is 3.15. The van der Waals surface area contributed by atoms with Gasteiger partial charge >= 0.3 is 148 Å². The number of unbranched alkanes of at least 4 members (excludes halogenated alkanes) is 3. The summed E-state index contributed by atoms with van der Waals surface area (Å²) in [5.74, 6) is 0. The summed E-state index contributed by atoms with van der Waals surface area (Å²) in [6.45, 7) is 11.8. The Kier molecular flexibility index (Phi) is 10.4. The molecule has 1 heterocycles. The van der Waals surface area contributed by atoms with E-state index in [2.05, 4.69) is 52.0 Å². The summed E-state index contributed by atoms with van der Waals surface area (Å²) in [6, 6.07) is 2.68. The second kappa shape index (κ2) is 11.1. The van der Waals surface area contributed by atoms with E-state index in [4.69, 9.17) is 0 Å². The summed E-state index contributed by atoms with van der Waals surface area (Å²) >= 11 is 0.0881. The second-order valence-electron chi connectivity index (χ2n) is 6.86. The molecule has 0 fully saturated rings. The topological polar surface area (TPSA) is 0 Å². The van der Waals surface area contributed by atoms with E-state index in [-0.39, 0.29) is 0 Å². The molecule has 2 heteroatoms. The van der Waals surface area contributed by atoms with Crippen LogP contribution in [0.25, 0.3) is 0 Å². The standard InChI is InChI=1S/C8H11S.3C4H9.Sn/c1-3-7-5-6-9-8(7)4-2;3*1-3-4-2;/h5H,3-4H2,1-2H3;3*1,3-4H2,2H3;. The van der Waals surface area contributed by atoms with Crippen molar-refractivity contribution in [3.63, 3.8) is 0 Å². The fourth-order valence-corrected chi connectivity index (χ4v) is 24.2. The van der Waals surface area contributed by atoms with E-state index in [9.17, 15) is 0 Å². The van der Waals surface area contributed by atoms with Crippen LogP contribution >= 0.6 is 11.3 Å². The van der Waals surface area contributed by atoms with E-state index >= 15 is 0 Å². The van der Waals surface area contributed by atoms with Gasteiger partial charge in [0.1, 0.15) is 0 Å². The number of aryl methyl sites for hydroxylation is 2. The maximum atomic E-state index is 2.68. The monoisotopic (exact) mass is 430 g/mol. The molecule has 0 aliphatic heterocycles. The quantitative estimate of drug-likeness (QED) is 0.316. The Morgan fingerprint density at radius 1 is 0.773 bits per heavy atom. The van der Waals surface area contributed by atoms with E-state index < -0.39 is 18.4 Å². The zero-order valence-corrected chi connectivity index (χ0v) is 19.4. The van der Waals surface area contributed by atoms with Crippen molar-refractivity contribution in [1.29, 1.82) is 0 Å². The third-order valence-corrected chi connectivity index (χ3v) is 24.7. The third kappa shape index (κ3) is 5.54. The number of rotatable bonds is 12. The molecule has 22 heavy (non-hydrogen) atoms. The Morgan fingerprint density at radius 2 is 1.27 bits per heavy atom. The van der Waals surface area contributed by atoms with Gasteiger partial charge in [0.05, 0.1) is 0 Å². The van der Waals surface area contributed by atoms with Gasteiger partial charge in [0.15, 0.2) is 0 Å². The molecule has 0 radical (unpaired) electrons. The van der Waals surface area contributed by atoms with Crippen LogP contribution in [-0.4, -0.2) is 18.4 Å². The first-order valence-corrected chi connectivity index (χ1v) is 18.1. The summed E-state index contributed by atoms with van der Waals surface area (Å²) in [5.41, 5.74) is 1.67. The van der Waals surface area contributed by atoms with Crippen LogP contribution in [0, 0.1) is 0 Å². The number of thiophene rings is 1. The number of hydrogen-bond acceptors (Lipinski definition) is 1. The van der Waals surface area contributed by atoms with Crippen LogP contribution in [0.15, 0.2) is 6.07 Å². The molecule has 0 atom stereocenters. The second-order valence-corrected chi connectivity index (χ2v) is 22.2. The Labute approximate surface area is 148 Å².